The van der Waals surface area contributed by atoms with Gasteiger partial charge in [-0.25, -0.2) is 0 Å². The van der Waals surface area contributed by atoms with Gasteiger partial charge in [-0.1, -0.05) is 59.6 Å². The number of halogens is 2. The van der Waals surface area contributed by atoms with Gasteiger partial charge in [-0.15, -0.1) is 0 Å². The highest BCUT2D eigenvalue weighted by Gasteiger charge is 2.32. The lowest BCUT2D eigenvalue weighted by Crippen LogP contribution is -2.21. The monoisotopic (exact) mass is 381 g/mol. The molecule has 0 fully saturated rings. The summed E-state index contributed by atoms with van der Waals surface area (Å²) in [6.45, 7) is 0. The zero-order valence-electron chi connectivity index (χ0n) is 13.6. The number of nitrogens with zero attached hydrogens (tertiary/aromatic N) is 1. The van der Waals surface area contributed by atoms with E-state index >= 15 is 0 Å². The average Bonchev–Trinajstić information content (AvgIpc) is 2.97. The molecule has 0 aliphatic carbocycles. The first-order chi connectivity index (χ1) is 12.6. The first kappa shape index (κ1) is 16.8. The van der Waals surface area contributed by atoms with Crippen molar-refractivity contribution in [2.75, 3.05) is 4.90 Å². The van der Waals surface area contributed by atoms with Crippen molar-refractivity contribution in [3.05, 3.63) is 93.5 Å². The van der Waals surface area contributed by atoms with Crippen LogP contribution >= 0.6 is 23.2 Å². The van der Waals surface area contributed by atoms with Crippen LogP contribution in [0.1, 0.15) is 21.5 Å². The summed E-state index contributed by atoms with van der Waals surface area (Å²) in [7, 11) is 0. The van der Waals surface area contributed by atoms with E-state index in [1.54, 1.807) is 48.5 Å². The van der Waals surface area contributed by atoms with Crippen LogP contribution in [0.25, 0.3) is 0 Å². The molecular weight excluding hydrogens is 369 g/mol. The number of hydrogen-bond acceptors (Lipinski definition) is 2. The summed E-state index contributed by atoms with van der Waals surface area (Å²) >= 11 is 12.5. The van der Waals surface area contributed by atoms with Crippen LogP contribution in [0.2, 0.25) is 10.0 Å². The van der Waals surface area contributed by atoms with Crippen LogP contribution in [-0.4, -0.2) is 11.7 Å². The number of amides is 1. The molecule has 0 atom stereocenters. The Bertz CT molecular complexity index is 1010. The third-order valence-electron chi connectivity index (χ3n) is 4.37. The molecule has 3 nitrogen and oxygen atoms in total. The minimum Gasteiger partial charge on any atom is -0.289 e. The predicted octanol–water partition coefficient (Wildman–Crippen LogP) is 5.45. The summed E-state index contributed by atoms with van der Waals surface area (Å²) < 4.78 is 0. The molecule has 1 aliphatic rings. The van der Waals surface area contributed by atoms with Crippen molar-refractivity contribution in [2.45, 2.75) is 6.42 Å². The van der Waals surface area contributed by atoms with E-state index in [0.29, 0.717) is 32.5 Å². The molecule has 128 valence electrons. The Hall–Kier alpha value is -2.62. The number of rotatable bonds is 3. The number of benzene rings is 3. The van der Waals surface area contributed by atoms with Crippen LogP contribution in [0.15, 0.2) is 66.7 Å². The molecular formula is C21H13Cl2NO2. The first-order valence-corrected chi connectivity index (χ1v) is 8.81. The summed E-state index contributed by atoms with van der Waals surface area (Å²) in [5.74, 6) is -0.200. The van der Waals surface area contributed by atoms with Crippen molar-refractivity contribution in [3.8, 4) is 0 Å². The lowest BCUT2D eigenvalue weighted by atomic mass is 10.0. The smallest absolute Gasteiger partial charge is 0.236 e. The Kier molecular flexibility index (Phi) is 4.27. The second kappa shape index (κ2) is 6.60. The minimum absolute atomic E-state index is 0.0740. The van der Waals surface area contributed by atoms with Crippen LogP contribution < -0.4 is 4.90 Å². The number of anilines is 2. The molecule has 0 bridgehead atoms. The number of ketones is 1. The fraction of sp³-hybridized carbons (Fsp3) is 0.0476. The van der Waals surface area contributed by atoms with Gasteiger partial charge in [0.05, 0.1) is 27.8 Å². The highest BCUT2D eigenvalue weighted by Crippen LogP contribution is 2.43. The lowest BCUT2D eigenvalue weighted by molar-refractivity contribution is -0.116. The van der Waals surface area contributed by atoms with E-state index in [1.807, 2.05) is 18.2 Å². The van der Waals surface area contributed by atoms with Gasteiger partial charge >= 0.3 is 0 Å². The number of carbonyl (C=O) groups excluding carboxylic acids is 2. The van der Waals surface area contributed by atoms with Gasteiger partial charge in [-0.3, -0.25) is 14.5 Å². The average molecular weight is 382 g/mol. The normalized spacial score (nSPS) is 13.0. The molecule has 1 aliphatic heterocycles. The number of fused-ring (bicyclic) bond motifs is 1. The van der Waals surface area contributed by atoms with Crippen molar-refractivity contribution in [1.29, 1.82) is 0 Å². The maximum absolute atomic E-state index is 12.6. The van der Waals surface area contributed by atoms with Crippen molar-refractivity contribution in [2.24, 2.45) is 0 Å². The van der Waals surface area contributed by atoms with Gasteiger partial charge in [0.25, 0.3) is 0 Å². The fourth-order valence-electron chi connectivity index (χ4n) is 3.17. The van der Waals surface area contributed by atoms with Crippen LogP contribution in [0.4, 0.5) is 11.4 Å². The summed E-state index contributed by atoms with van der Waals surface area (Å²) in [6, 6.07) is 19.5. The maximum Gasteiger partial charge on any atom is 0.236 e. The van der Waals surface area contributed by atoms with E-state index in [2.05, 4.69) is 0 Å². The van der Waals surface area contributed by atoms with Gasteiger partial charge in [0.2, 0.25) is 5.91 Å². The van der Waals surface area contributed by atoms with Crippen molar-refractivity contribution in [1.82, 2.24) is 0 Å². The molecule has 3 aromatic carbocycles. The highest BCUT2D eigenvalue weighted by atomic mass is 35.5. The quantitative estimate of drug-likeness (QED) is 0.566. The zero-order valence-corrected chi connectivity index (χ0v) is 15.1. The number of hydrogen-bond donors (Lipinski definition) is 0. The van der Waals surface area contributed by atoms with Gasteiger partial charge in [0.1, 0.15) is 0 Å². The Morgan fingerprint density at radius 3 is 2.23 bits per heavy atom. The summed E-state index contributed by atoms with van der Waals surface area (Å²) in [5, 5.41) is 0.811. The van der Waals surface area contributed by atoms with Crippen LogP contribution in [0.3, 0.4) is 0 Å². The second-order valence-electron chi connectivity index (χ2n) is 6.01. The van der Waals surface area contributed by atoms with Gasteiger partial charge in [-0.2, -0.15) is 0 Å². The second-order valence-corrected chi connectivity index (χ2v) is 6.83. The molecule has 5 heteroatoms. The number of carbonyl (C=O) groups is 2. The maximum atomic E-state index is 12.6. The van der Waals surface area contributed by atoms with Crippen LogP contribution in [0, 0.1) is 0 Å². The molecule has 0 radical (unpaired) electrons. The van der Waals surface area contributed by atoms with E-state index in [0.717, 1.165) is 5.56 Å². The SMILES string of the molecule is O=C(c1ccccc1)c1ccc2c(c1)CC(=O)N2c1c(Cl)cccc1Cl. The predicted molar refractivity (Wildman–Crippen MR) is 104 cm³/mol. The topological polar surface area (TPSA) is 37.4 Å². The van der Waals surface area contributed by atoms with E-state index in [-0.39, 0.29) is 18.1 Å². The van der Waals surface area contributed by atoms with E-state index in [9.17, 15) is 9.59 Å². The highest BCUT2D eigenvalue weighted by molar-refractivity contribution is 6.40. The molecule has 0 spiro atoms. The summed E-state index contributed by atoms with van der Waals surface area (Å²) in [6.07, 6.45) is 0.201. The van der Waals surface area contributed by atoms with E-state index in [1.165, 1.54) is 4.90 Å². The molecule has 4 rings (SSSR count). The third-order valence-corrected chi connectivity index (χ3v) is 4.98. The van der Waals surface area contributed by atoms with Gasteiger partial charge in [-0.05, 0) is 35.9 Å². The van der Waals surface area contributed by atoms with Crippen LogP contribution in [-0.2, 0) is 11.2 Å². The Labute approximate surface area is 160 Å². The Balaban J connectivity index is 1.76. The molecule has 0 saturated heterocycles. The Morgan fingerprint density at radius 1 is 0.846 bits per heavy atom. The van der Waals surface area contributed by atoms with Crippen molar-refractivity contribution < 1.29 is 9.59 Å². The standard InChI is InChI=1S/C21H13Cl2NO2/c22-16-7-4-8-17(23)20(16)24-18-10-9-14(11-15(18)12-19(24)25)21(26)13-5-2-1-3-6-13/h1-11H,12H2. The minimum atomic E-state index is -0.126. The van der Waals surface area contributed by atoms with Gasteiger partial charge < -0.3 is 0 Å². The molecule has 1 heterocycles. The fourth-order valence-corrected chi connectivity index (χ4v) is 3.73. The molecule has 0 aromatic heterocycles. The van der Waals surface area contributed by atoms with Gasteiger partial charge in [0.15, 0.2) is 5.78 Å². The molecule has 26 heavy (non-hydrogen) atoms. The van der Waals surface area contributed by atoms with Crippen LogP contribution in [0.5, 0.6) is 0 Å². The summed E-state index contributed by atoms with van der Waals surface area (Å²) in [4.78, 5) is 26.8. The molecule has 0 unspecified atom stereocenters. The largest absolute Gasteiger partial charge is 0.289 e. The van der Waals surface area contributed by atoms with Gasteiger partial charge in [0, 0.05) is 11.1 Å². The van der Waals surface area contributed by atoms with E-state index < -0.39 is 0 Å². The Morgan fingerprint density at radius 2 is 1.54 bits per heavy atom. The molecule has 1 amide bonds. The van der Waals surface area contributed by atoms with Crippen molar-refractivity contribution >= 4 is 46.3 Å². The first-order valence-electron chi connectivity index (χ1n) is 8.06. The van der Waals surface area contributed by atoms with Crippen molar-refractivity contribution in [3.63, 3.8) is 0 Å². The number of para-hydroxylation sites is 1. The molecule has 3 aromatic rings. The molecule has 0 N–H and O–H groups in total. The zero-order chi connectivity index (χ0) is 18.3. The van der Waals surface area contributed by atoms with E-state index in [4.69, 9.17) is 23.2 Å². The lowest BCUT2D eigenvalue weighted by Gasteiger charge is -2.20. The third kappa shape index (κ3) is 2.79. The summed E-state index contributed by atoms with van der Waals surface area (Å²) in [5.41, 5.74) is 3.13. The molecule has 0 saturated carbocycles.